The van der Waals surface area contributed by atoms with Gasteiger partial charge in [-0.05, 0) is 42.8 Å². The Hall–Kier alpha value is -3.96. The third kappa shape index (κ3) is 6.27. The fraction of sp³-hybridized carbons (Fsp3) is 0.250. The lowest BCUT2D eigenvalue weighted by Crippen LogP contribution is -2.41. The van der Waals surface area contributed by atoms with Crippen molar-refractivity contribution < 1.29 is 23.9 Å². The number of rotatable bonds is 6. The van der Waals surface area contributed by atoms with Gasteiger partial charge in [-0.15, -0.1) is 0 Å². The number of carbonyl (C=O) groups is 3. The molecule has 1 aliphatic rings. The van der Waals surface area contributed by atoms with Crippen LogP contribution in [0.25, 0.3) is 6.08 Å². The van der Waals surface area contributed by atoms with Crippen LogP contribution in [-0.2, 0) is 19.1 Å². The van der Waals surface area contributed by atoms with Gasteiger partial charge in [-0.2, -0.15) is 5.26 Å². The molecule has 2 aromatic rings. The number of anilines is 1. The van der Waals surface area contributed by atoms with Gasteiger partial charge in [0, 0.05) is 18.8 Å². The molecule has 0 atom stereocenters. The quantitative estimate of drug-likeness (QED) is 0.426. The molecule has 164 valence electrons. The van der Waals surface area contributed by atoms with Crippen molar-refractivity contribution >= 4 is 29.5 Å². The summed E-state index contributed by atoms with van der Waals surface area (Å²) in [7, 11) is 0. The van der Waals surface area contributed by atoms with Gasteiger partial charge in [0.25, 0.3) is 11.8 Å². The van der Waals surface area contributed by atoms with Crippen LogP contribution < -0.4 is 5.32 Å². The lowest BCUT2D eigenvalue weighted by Gasteiger charge is -2.26. The third-order valence-corrected chi connectivity index (χ3v) is 4.78. The minimum atomic E-state index is -0.649. The lowest BCUT2D eigenvalue weighted by molar-refractivity contribution is -0.130. The van der Waals surface area contributed by atoms with Crippen LogP contribution in [0.1, 0.15) is 21.5 Å². The number of hydrogen-bond donors (Lipinski definition) is 1. The van der Waals surface area contributed by atoms with E-state index in [4.69, 9.17) is 9.47 Å². The van der Waals surface area contributed by atoms with E-state index in [9.17, 15) is 19.6 Å². The summed E-state index contributed by atoms with van der Waals surface area (Å²) in [6.45, 7) is 3.31. The van der Waals surface area contributed by atoms with Gasteiger partial charge in [0.2, 0.25) is 0 Å². The van der Waals surface area contributed by atoms with Crippen molar-refractivity contribution in [2.24, 2.45) is 0 Å². The molecule has 0 aromatic heterocycles. The molecule has 1 fully saturated rings. The predicted octanol–water partition coefficient (Wildman–Crippen LogP) is 2.56. The monoisotopic (exact) mass is 433 g/mol. The smallest absolute Gasteiger partial charge is 0.338 e. The minimum Gasteiger partial charge on any atom is -0.452 e. The van der Waals surface area contributed by atoms with Gasteiger partial charge in [-0.3, -0.25) is 9.59 Å². The highest BCUT2D eigenvalue weighted by Crippen LogP contribution is 2.13. The van der Waals surface area contributed by atoms with Crippen molar-refractivity contribution in [2.75, 3.05) is 38.2 Å². The number of ether oxygens (including phenoxy) is 2. The van der Waals surface area contributed by atoms with Crippen molar-refractivity contribution in [3.63, 3.8) is 0 Å². The Balaban J connectivity index is 1.55. The van der Waals surface area contributed by atoms with Gasteiger partial charge >= 0.3 is 5.97 Å². The molecule has 2 amide bonds. The molecule has 3 rings (SSSR count). The van der Waals surface area contributed by atoms with E-state index in [1.807, 2.05) is 25.1 Å². The fourth-order valence-electron chi connectivity index (χ4n) is 3.01. The Kier molecular flexibility index (Phi) is 7.73. The summed E-state index contributed by atoms with van der Waals surface area (Å²) in [5, 5.41) is 12.0. The molecule has 8 nitrogen and oxygen atoms in total. The van der Waals surface area contributed by atoms with Crippen LogP contribution in [0.5, 0.6) is 0 Å². The Morgan fingerprint density at radius 2 is 1.75 bits per heavy atom. The second kappa shape index (κ2) is 10.9. The molecule has 0 spiro atoms. The van der Waals surface area contributed by atoms with Gasteiger partial charge in [0.05, 0.1) is 18.8 Å². The van der Waals surface area contributed by atoms with E-state index in [-0.39, 0.29) is 17.0 Å². The molecule has 0 aliphatic carbocycles. The van der Waals surface area contributed by atoms with Crippen LogP contribution in [0, 0.1) is 18.3 Å². The normalized spacial score (nSPS) is 13.8. The number of nitrogens with one attached hydrogen (secondary N) is 1. The summed E-state index contributed by atoms with van der Waals surface area (Å²) in [5.74, 6) is -1.44. The fourth-order valence-corrected chi connectivity index (χ4v) is 3.01. The number of hydrogen-bond acceptors (Lipinski definition) is 6. The zero-order valence-electron chi connectivity index (χ0n) is 17.7. The highest BCUT2D eigenvalue weighted by molar-refractivity contribution is 6.02. The molecule has 0 radical (unpaired) electrons. The van der Waals surface area contributed by atoms with E-state index in [0.29, 0.717) is 37.6 Å². The topological polar surface area (TPSA) is 109 Å². The maximum atomic E-state index is 12.5. The average Bonchev–Trinajstić information content (AvgIpc) is 2.83. The second-order valence-electron chi connectivity index (χ2n) is 7.19. The number of benzene rings is 2. The van der Waals surface area contributed by atoms with Gasteiger partial charge in [-0.25, -0.2) is 4.79 Å². The van der Waals surface area contributed by atoms with Crippen LogP contribution in [0.3, 0.4) is 0 Å². The first-order valence-electron chi connectivity index (χ1n) is 10.1. The minimum absolute atomic E-state index is 0.00926. The van der Waals surface area contributed by atoms with Gasteiger partial charge in [-0.1, -0.05) is 29.8 Å². The van der Waals surface area contributed by atoms with E-state index in [1.54, 1.807) is 29.2 Å². The van der Waals surface area contributed by atoms with E-state index in [2.05, 4.69) is 5.32 Å². The first kappa shape index (κ1) is 22.7. The molecule has 8 heteroatoms. The molecule has 0 unspecified atom stereocenters. The summed E-state index contributed by atoms with van der Waals surface area (Å²) >= 11 is 0. The number of aryl methyl sites for hydroxylation is 1. The van der Waals surface area contributed by atoms with Crippen molar-refractivity contribution in [1.82, 2.24) is 4.90 Å². The van der Waals surface area contributed by atoms with E-state index >= 15 is 0 Å². The molecule has 2 aromatic carbocycles. The number of morpholine rings is 1. The van der Waals surface area contributed by atoms with Crippen molar-refractivity contribution in [3.05, 3.63) is 70.8 Å². The average molecular weight is 433 g/mol. The van der Waals surface area contributed by atoms with Gasteiger partial charge in [0.15, 0.2) is 6.61 Å². The molecule has 1 aliphatic heterocycles. The van der Waals surface area contributed by atoms with Gasteiger partial charge in [0.1, 0.15) is 11.6 Å². The molecule has 1 N–H and O–H groups in total. The zero-order valence-corrected chi connectivity index (χ0v) is 17.7. The predicted molar refractivity (Wildman–Crippen MR) is 118 cm³/mol. The van der Waals surface area contributed by atoms with Crippen LogP contribution in [0.4, 0.5) is 5.69 Å². The van der Waals surface area contributed by atoms with Crippen LogP contribution in [0.15, 0.2) is 54.1 Å². The van der Waals surface area contributed by atoms with Crippen LogP contribution in [0.2, 0.25) is 0 Å². The lowest BCUT2D eigenvalue weighted by atomic mass is 10.1. The Morgan fingerprint density at radius 1 is 1.09 bits per heavy atom. The SMILES string of the molecule is Cc1ccc(NC(=O)COC(=O)c2ccc(/C=C(/C#N)C(=O)N3CCOCC3)cc2)cc1. The van der Waals surface area contributed by atoms with Crippen molar-refractivity contribution in [1.29, 1.82) is 5.26 Å². The van der Waals surface area contributed by atoms with E-state index < -0.39 is 18.5 Å². The molecular weight excluding hydrogens is 410 g/mol. The second-order valence-corrected chi connectivity index (χ2v) is 7.19. The molecule has 0 saturated carbocycles. The van der Waals surface area contributed by atoms with Gasteiger partial charge < -0.3 is 19.7 Å². The van der Waals surface area contributed by atoms with Crippen molar-refractivity contribution in [3.8, 4) is 6.07 Å². The Morgan fingerprint density at radius 3 is 2.38 bits per heavy atom. The molecular formula is C24H23N3O5. The molecule has 1 saturated heterocycles. The standard InChI is InChI=1S/C24H23N3O5/c1-17-2-8-21(9-3-17)26-22(28)16-32-24(30)19-6-4-18(5-7-19)14-20(15-25)23(29)27-10-12-31-13-11-27/h2-9,14H,10-13,16H2,1H3,(H,26,28)/b20-14-. The highest BCUT2D eigenvalue weighted by Gasteiger charge is 2.20. The summed E-state index contributed by atoms with van der Waals surface area (Å²) in [4.78, 5) is 38.2. The summed E-state index contributed by atoms with van der Waals surface area (Å²) in [5.41, 5.74) is 2.54. The highest BCUT2D eigenvalue weighted by atomic mass is 16.5. The molecule has 32 heavy (non-hydrogen) atoms. The Labute approximate surface area is 186 Å². The van der Waals surface area contributed by atoms with Crippen molar-refractivity contribution in [2.45, 2.75) is 6.92 Å². The van der Waals surface area contributed by atoms with E-state index in [0.717, 1.165) is 5.56 Å². The number of carbonyl (C=O) groups excluding carboxylic acids is 3. The third-order valence-electron chi connectivity index (χ3n) is 4.78. The zero-order chi connectivity index (χ0) is 22.9. The number of esters is 1. The summed E-state index contributed by atoms with van der Waals surface area (Å²) in [6, 6.07) is 15.4. The number of amides is 2. The molecule has 0 bridgehead atoms. The van der Waals surface area contributed by atoms with Crippen LogP contribution >= 0.6 is 0 Å². The Bertz CT molecular complexity index is 1050. The maximum absolute atomic E-state index is 12.5. The summed E-state index contributed by atoms with van der Waals surface area (Å²) < 4.78 is 10.3. The first-order chi connectivity index (χ1) is 15.5. The number of nitrogens with zero attached hydrogens (tertiary/aromatic N) is 2. The first-order valence-corrected chi connectivity index (χ1v) is 10.1. The largest absolute Gasteiger partial charge is 0.452 e. The maximum Gasteiger partial charge on any atom is 0.338 e. The van der Waals surface area contributed by atoms with E-state index in [1.165, 1.54) is 18.2 Å². The van der Waals surface area contributed by atoms with Crippen LogP contribution in [-0.4, -0.2) is 55.6 Å². The molecule has 1 heterocycles. The summed E-state index contributed by atoms with van der Waals surface area (Å²) in [6.07, 6.45) is 1.47. The number of nitriles is 1.